The Labute approximate surface area is 150 Å². The molecule has 1 fully saturated rings. The molecule has 1 aromatic rings. The van der Waals surface area contributed by atoms with Gasteiger partial charge in [-0.3, -0.25) is 14.5 Å². The summed E-state index contributed by atoms with van der Waals surface area (Å²) in [6.07, 6.45) is 5.14. The minimum absolute atomic E-state index is 0.0294. The van der Waals surface area contributed by atoms with Crippen molar-refractivity contribution in [1.82, 2.24) is 24.7 Å². The molecule has 0 spiro atoms. The molecule has 1 aliphatic heterocycles. The number of unbranched alkanes of at least 4 members (excludes halogenated alkanes) is 1. The molecule has 7 heteroatoms. The summed E-state index contributed by atoms with van der Waals surface area (Å²) in [4.78, 5) is 37.8. The van der Waals surface area contributed by atoms with Crippen LogP contribution in [0.1, 0.15) is 38.2 Å². The summed E-state index contributed by atoms with van der Waals surface area (Å²) in [6.45, 7) is 7.04. The molecule has 2 amide bonds. The quantitative estimate of drug-likeness (QED) is 0.835. The summed E-state index contributed by atoms with van der Waals surface area (Å²) < 4.78 is 0. The Morgan fingerprint density at radius 1 is 1.32 bits per heavy atom. The van der Waals surface area contributed by atoms with Gasteiger partial charge in [-0.15, -0.1) is 0 Å². The third-order valence-electron chi connectivity index (χ3n) is 4.68. The maximum atomic E-state index is 12.5. The van der Waals surface area contributed by atoms with Crippen molar-refractivity contribution in [1.29, 1.82) is 0 Å². The van der Waals surface area contributed by atoms with E-state index >= 15 is 0 Å². The average molecular weight is 349 g/mol. The summed E-state index contributed by atoms with van der Waals surface area (Å²) in [5.41, 5.74) is 1.07. The average Bonchev–Trinajstić information content (AvgIpc) is 2.89. The number of H-pyrrole nitrogens is 1. The predicted octanol–water partition coefficient (Wildman–Crippen LogP) is 1.12. The Kier molecular flexibility index (Phi) is 6.99. The Hall–Kier alpha value is -1.89. The van der Waals surface area contributed by atoms with E-state index < -0.39 is 0 Å². The molecule has 1 aromatic heterocycles. The molecular formula is C18H31N5O2. The summed E-state index contributed by atoms with van der Waals surface area (Å²) in [5, 5.41) is 0. The monoisotopic (exact) mass is 349 g/mol. The van der Waals surface area contributed by atoms with Gasteiger partial charge in [0.25, 0.3) is 0 Å². The van der Waals surface area contributed by atoms with Crippen LogP contribution in [-0.4, -0.2) is 76.8 Å². The van der Waals surface area contributed by atoms with Gasteiger partial charge in [0, 0.05) is 72.1 Å². The van der Waals surface area contributed by atoms with Gasteiger partial charge in [-0.25, -0.2) is 4.98 Å². The Bertz CT molecular complexity index is 584. The molecule has 0 unspecified atom stereocenters. The van der Waals surface area contributed by atoms with E-state index in [-0.39, 0.29) is 17.7 Å². The number of aryl methyl sites for hydroxylation is 1. The van der Waals surface area contributed by atoms with Gasteiger partial charge in [0.05, 0.1) is 5.92 Å². The highest BCUT2D eigenvalue weighted by Crippen LogP contribution is 2.15. The van der Waals surface area contributed by atoms with Crippen molar-refractivity contribution < 1.29 is 9.59 Å². The minimum atomic E-state index is -0.191. The van der Waals surface area contributed by atoms with E-state index in [0.717, 1.165) is 43.9 Å². The maximum Gasteiger partial charge on any atom is 0.228 e. The molecule has 0 aliphatic carbocycles. The number of hydrogen-bond acceptors (Lipinski definition) is 4. The van der Waals surface area contributed by atoms with Crippen molar-refractivity contribution >= 4 is 11.8 Å². The van der Waals surface area contributed by atoms with Gasteiger partial charge in [-0.05, 0) is 6.42 Å². The molecule has 2 rings (SSSR count). The highest BCUT2D eigenvalue weighted by Gasteiger charge is 2.30. The van der Waals surface area contributed by atoms with Crippen LogP contribution in [0.25, 0.3) is 0 Å². The van der Waals surface area contributed by atoms with Crippen LogP contribution in [0, 0.1) is 5.92 Å². The predicted molar refractivity (Wildman–Crippen MR) is 96.9 cm³/mol. The molecule has 0 saturated carbocycles. The second-order valence-corrected chi connectivity index (χ2v) is 7.09. The highest BCUT2D eigenvalue weighted by molar-refractivity contribution is 5.80. The summed E-state index contributed by atoms with van der Waals surface area (Å²) >= 11 is 0. The van der Waals surface area contributed by atoms with Gasteiger partial charge in [-0.2, -0.15) is 0 Å². The van der Waals surface area contributed by atoms with E-state index in [1.807, 2.05) is 6.20 Å². The fraction of sp³-hybridized carbons (Fsp3) is 0.722. The first-order valence-corrected chi connectivity index (χ1v) is 9.12. The summed E-state index contributed by atoms with van der Waals surface area (Å²) in [7, 11) is 3.54. The lowest BCUT2D eigenvalue weighted by Crippen LogP contribution is -2.41. The number of aromatic nitrogens is 2. The first kappa shape index (κ1) is 19.4. The Balaban J connectivity index is 2.04. The normalized spacial score (nSPS) is 18.9. The van der Waals surface area contributed by atoms with Gasteiger partial charge >= 0.3 is 0 Å². The van der Waals surface area contributed by atoms with Crippen molar-refractivity contribution in [3.63, 3.8) is 0 Å². The van der Waals surface area contributed by atoms with Gasteiger partial charge in [0.1, 0.15) is 5.82 Å². The van der Waals surface area contributed by atoms with Crippen molar-refractivity contribution in [3.8, 4) is 0 Å². The zero-order chi connectivity index (χ0) is 18.4. The first-order valence-electron chi connectivity index (χ1n) is 9.12. The number of carbonyl (C=O) groups excluding carboxylic acids is 2. The van der Waals surface area contributed by atoms with Crippen LogP contribution in [0.15, 0.2) is 6.20 Å². The molecular weight excluding hydrogens is 318 g/mol. The number of nitrogens with zero attached hydrogens (tertiary/aromatic N) is 4. The molecule has 140 valence electrons. The minimum Gasteiger partial charge on any atom is -0.348 e. The second-order valence-electron chi connectivity index (χ2n) is 7.09. The number of aromatic amines is 1. The standard InChI is InChI=1S/C18H31N5O2/c1-5-6-7-17-19-10-16(20-17)13-22-8-9-23(14(2)24)12-15(11-22)18(25)21(3)4/h10,15H,5-9,11-13H2,1-4H3,(H,19,20)/t15-/m0/s1. The van der Waals surface area contributed by atoms with E-state index in [1.165, 1.54) is 0 Å². The number of rotatable bonds is 6. The molecule has 1 aliphatic rings. The maximum absolute atomic E-state index is 12.5. The number of imidazole rings is 1. The lowest BCUT2D eigenvalue weighted by atomic mass is 10.1. The van der Waals surface area contributed by atoms with Crippen LogP contribution in [0.5, 0.6) is 0 Å². The first-order chi connectivity index (χ1) is 11.9. The molecule has 1 N–H and O–H groups in total. The number of carbonyl (C=O) groups is 2. The van der Waals surface area contributed by atoms with Gasteiger partial charge < -0.3 is 14.8 Å². The van der Waals surface area contributed by atoms with Crippen molar-refractivity contribution in [2.45, 2.75) is 39.7 Å². The second kappa shape index (κ2) is 8.99. The highest BCUT2D eigenvalue weighted by atomic mass is 16.2. The fourth-order valence-corrected chi connectivity index (χ4v) is 3.23. The van der Waals surface area contributed by atoms with Crippen LogP contribution in [0.4, 0.5) is 0 Å². The van der Waals surface area contributed by atoms with E-state index in [9.17, 15) is 9.59 Å². The van der Waals surface area contributed by atoms with Gasteiger partial charge in [0.15, 0.2) is 0 Å². The molecule has 7 nitrogen and oxygen atoms in total. The van der Waals surface area contributed by atoms with Crippen LogP contribution >= 0.6 is 0 Å². The van der Waals surface area contributed by atoms with Crippen molar-refractivity contribution in [3.05, 3.63) is 17.7 Å². The smallest absolute Gasteiger partial charge is 0.228 e. The zero-order valence-corrected chi connectivity index (χ0v) is 15.9. The summed E-state index contributed by atoms with van der Waals surface area (Å²) in [6, 6.07) is 0. The fourth-order valence-electron chi connectivity index (χ4n) is 3.23. The molecule has 0 radical (unpaired) electrons. The van der Waals surface area contributed by atoms with Crippen LogP contribution in [0.2, 0.25) is 0 Å². The van der Waals surface area contributed by atoms with Crippen LogP contribution < -0.4 is 0 Å². The Morgan fingerprint density at radius 3 is 2.72 bits per heavy atom. The topological polar surface area (TPSA) is 72.5 Å². The van der Waals surface area contributed by atoms with Crippen LogP contribution in [0.3, 0.4) is 0 Å². The van der Waals surface area contributed by atoms with E-state index in [0.29, 0.717) is 19.6 Å². The molecule has 0 bridgehead atoms. The zero-order valence-electron chi connectivity index (χ0n) is 15.9. The molecule has 2 heterocycles. The molecule has 25 heavy (non-hydrogen) atoms. The number of hydrogen-bond donors (Lipinski definition) is 1. The third kappa shape index (κ3) is 5.56. The lowest BCUT2D eigenvalue weighted by Gasteiger charge is -2.25. The van der Waals surface area contributed by atoms with Gasteiger partial charge in [0.2, 0.25) is 11.8 Å². The third-order valence-corrected chi connectivity index (χ3v) is 4.68. The van der Waals surface area contributed by atoms with Gasteiger partial charge in [-0.1, -0.05) is 13.3 Å². The van der Waals surface area contributed by atoms with Crippen molar-refractivity contribution in [2.75, 3.05) is 40.3 Å². The van der Waals surface area contributed by atoms with Crippen molar-refractivity contribution in [2.24, 2.45) is 5.92 Å². The Morgan fingerprint density at radius 2 is 2.08 bits per heavy atom. The van der Waals surface area contributed by atoms with E-state index in [1.54, 1.807) is 30.8 Å². The van der Waals surface area contributed by atoms with E-state index in [2.05, 4.69) is 21.8 Å². The molecule has 1 atom stereocenters. The van der Waals surface area contributed by atoms with E-state index in [4.69, 9.17) is 0 Å². The lowest BCUT2D eigenvalue weighted by molar-refractivity contribution is -0.135. The SMILES string of the molecule is CCCCc1ncc(CN2CCN(C(C)=O)C[C@@H](C(=O)N(C)C)C2)[nH]1. The van der Waals surface area contributed by atoms with Crippen LogP contribution in [-0.2, 0) is 22.6 Å². The number of amides is 2. The molecule has 1 saturated heterocycles. The summed E-state index contributed by atoms with van der Waals surface area (Å²) in [5.74, 6) is 0.940. The number of nitrogens with one attached hydrogen (secondary N) is 1. The largest absolute Gasteiger partial charge is 0.348 e. The molecule has 0 aromatic carbocycles.